The Balaban J connectivity index is 2.19. The van der Waals surface area contributed by atoms with Gasteiger partial charge < -0.3 is 9.47 Å². The van der Waals surface area contributed by atoms with Crippen molar-refractivity contribution in [3.8, 4) is 16.2 Å². The Labute approximate surface area is 121 Å². The molecule has 2 rings (SSSR count). The summed E-state index contributed by atoms with van der Waals surface area (Å²) in [6, 6.07) is 11.0. The monoisotopic (exact) mass is 290 g/mol. The highest BCUT2D eigenvalue weighted by molar-refractivity contribution is 7.17. The fourth-order valence-electron chi connectivity index (χ4n) is 1.67. The van der Waals surface area contributed by atoms with Crippen molar-refractivity contribution in [2.24, 2.45) is 0 Å². The normalized spacial score (nSPS) is 10.1. The predicted octanol–water partition coefficient (Wildman–Crippen LogP) is 3.17. The van der Waals surface area contributed by atoms with Gasteiger partial charge in [-0.15, -0.1) is 11.3 Å². The maximum Gasteiger partial charge on any atom is 0.348 e. The van der Waals surface area contributed by atoms with Gasteiger partial charge in [-0.3, -0.25) is 4.79 Å². The Hall–Kier alpha value is -2.14. The lowest BCUT2D eigenvalue weighted by atomic mass is 10.2. The van der Waals surface area contributed by atoms with Crippen molar-refractivity contribution in [1.29, 1.82) is 0 Å². The third-order valence-corrected chi connectivity index (χ3v) is 3.63. The van der Waals surface area contributed by atoms with Crippen LogP contribution in [-0.4, -0.2) is 25.5 Å². The molecule has 0 N–H and O–H groups in total. The van der Waals surface area contributed by atoms with Crippen molar-refractivity contribution < 1.29 is 19.1 Å². The first-order valence-electron chi connectivity index (χ1n) is 6.18. The average Bonchev–Trinajstić information content (AvgIpc) is 2.95. The number of hydrogen-bond donors (Lipinski definition) is 0. The molecule has 0 fully saturated rings. The molecule has 0 amide bonds. The van der Waals surface area contributed by atoms with E-state index in [4.69, 9.17) is 9.47 Å². The summed E-state index contributed by atoms with van der Waals surface area (Å²) in [4.78, 5) is 23.4. The lowest BCUT2D eigenvalue weighted by Gasteiger charge is -2.04. The molecule has 0 aliphatic rings. The number of rotatable bonds is 6. The Kier molecular flexibility index (Phi) is 4.90. The third kappa shape index (κ3) is 3.45. The molecule has 0 saturated heterocycles. The zero-order valence-electron chi connectivity index (χ0n) is 11.0. The van der Waals surface area contributed by atoms with Crippen molar-refractivity contribution in [3.05, 3.63) is 41.3 Å². The van der Waals surface area contributed by atoms with Gasteiger partial charge in [-0.1, -0.05) is 12.1 Å². The lowest BCUT2D eigenvalue weighted by Crippen LogP contribution is -2.01. The molecular formula is C15H14O4S. The minimum Gasteiger partial charge on any atom is -0.486 e. The highest BCUT2D eigenvalue weighted by Gasteiger charge is 2.11. The second kappa shape index (κ2) is 6.86. The number of thiophene rings is 1. The van der Waals surface area contributed by atoms with Gasteiger partial charge in [0, 0.05) is 4.88 Å². The second-order valence-corrected chi connectivity index (χ2v) is 4.97. The maximum absolute atomic E-state index is 11.6. The Bertz CT molecular complexity index is 603. The summed E-state index contributed by atoms with van der Waals surface area (Å²) in [5, 5.41) is 0. The number of carbonyl (C=O) groups is 2. The molecule has 0 radical (unpaired) electrons. The first kappa shape index (κ1) is 14.3. The predicted molar refractivity (Wildman–Crippen MR) is 77.3 cm³/mol. The van der Waals surface area contributed by atoms with Crippen LogP contribution in [0.4, 0.5) is 0 Å². The van der Waals surface area contributed by atoms with Gasteiger partial charge in [0.25, 0.3) is 0 Å². The average molecular weight is 290 g/mol. The quantitative estimate of drug-likeness (QED) is 0.605. The zero-order valence-corrected chi connectivity index (χ0v) is 11.8. The summed E-state index contributed by atoms with van der Waals surface area (Å²) in [6.45, 7) is 2.17. The van der Waals surface area contributed by atoms with E-state index in [1.54, 1.807) is 19.1 Å². The van der Waals surface area contributed by atoms with E-state index >= 15 is 0 Å². The second-order valence-electron chi connectivity index (χ2n) is 3.89. The fourth-order valence-corrected chi connectivity index (χ4v) is 2.57. The molecule has 104 valence electrons. The Morgan fingerprint density at radius 2 is 2.15 bits per heavy atom. The Morgan fingerprint density at radius 1 is 1.30 bits per heavy atom. The van der Waals surface area contributed by atoms with Gasteiger partial charge in [-0.2, -0.15) is 0 Å². The maximum atomic E-state index is 11.6. The van der Waals surface area contributed by atoms with Gasteiger partial charge in [0.15, 0.2) is 6.29 Å². The molecule has 0 aliphatic carbocycles. The summed E-state index contributed by atoms with van der Waals surface area (Å²) in [5.41, 5.74) is 0.939. The van der Waals surface area contributed by atoms with Crippen LogP contribution >= 0.6 is 11.3 Å². The largest absolute Gasteiger partial charge is 0.486 e. The van der Waals surface area contributed by atoms with E-state index < -0.39 is 0 Å². The number of benzene rings is 1. The topological polar surface area (TPSA) is 52.6 Å². The lowest BCUT2D eigenvalue weighted by molar-refractivity contribution is -0.109. The van der Waals surface area contributed by atoms with Gasteiger partial charge in [-0.25, -0.2) is 4.79 Å². The van der Waals surface area contributed by atoms with Crippen molar-refractivity contribution in [2.75, 3.05) is 13.2 Å². The van der Waals surface area contributed by atoms with Crippen LogP contribution in [0.2, 0.25) is 0 Å². The summed E-state index contributed by atoms with van der Waals surface area (Å²) >= 11 is 1.37. The molecule has 0 saturated carbocycles. The number of aldehydes is 1. The number of hydrogen-bond acceptors (Lipinski definition) is 5. The molecule has 0 spiro atoms. The molecule has 1 heterocycles. The van der Waals surface area contributed by atoms with Gasteiger partial charge in [0.2, 0.25) is 0 Å². The van der Waals surface area contributed by atoms with Crippen LogP contribution in [0.3, 0.4) is 0 Å². The van der Waals surface area contributed by atoms with Crippen LogP contribution in [0.1, 0.15) is 16.6 Å². The molecule has 5 heteroatoms. The molecule has 1 aromatic carbocycles. The van der Waals surface area contributed by atoms with E-state index in [9.17, 15) is 9.59 Å². The molecular weight excluding hydrogens is 276 g/mol. The SMILES string of the molecule is CCOC(=O)c1ccc(-c2cccc(OCC=O)c2)s1. The van der Waals surface area contributed by atoms with Gasteiger partial charge in [-0.05, 0) is 36.8 Å². The van der Waals surface area contributed by atoms with Crippen LogP contribution < -0.4 is 4.74 Å². The van der Waals surface area contributed by atoms with Crippen LogP contribution in [0, 0.1) is 0 Å². The first-order valence-corrected chi connectivity index (χ1v) is 7.00. The summed E-state index contributed by atoms with van der Waals surface area (Å²) in [5.74, 6) is 0.317. The van der Waals surface area contributed by atoms with Crippen LogP contribution in [-0.2, 0) is 9.53 Å². The van der Waals surface area contributed by atoms with Crippen molar-refractivity contribution in [2.45, 2.75) is 6.92 Å². The fraction of sp³-hybridized carbons (Fsp3) is 0.200. The van der Waals surface area contributed by atoms with E-state index in [-0.39, 0.29) is 12.6 Å². The molecule has 1 aromatic heterocycles. The van der Waals surface area contributed by atoms with E-state index in [0.717, 1.165) is 10.4 Å². The van der Waals surface area contributed by atoms with Gasteiger partial charge >= 0.3 is 5.97 Å². The zero-order chi connectivity index (χ0) is 14.4. The van der Waals surface area contributed by atoms with E-state index in [0.29, 0.717) is 23.5 Å². The molecule has 0 aliphatic heterocycles. The minimum absolute atomic E-state index is 0.0297. The van der Waals surface area contributed by atoms with Crippen molar-refractivity contribution in [1.82, 2.24) is 0 Å². The van der Waals surface area contributed by atoms with Crippen molar-refractivity contribution in [3.63, 3.8) is 0 Å². The number of esters is 1. The molecule has 0 unspecified atom stereocenters. The highest BCUT2D eigenvalue weighted by atomic mass is 32.1. The number of carbonyl (C=O) groups excluding carboxylic acids is 2. The third-order valence-electron chi connectivity index (χ3n) is 2.52. The highest BCUT2D eigenvalue weighted by Crippen LogP contribution is 2.30. The standard InChI is InChI=1S/C15H14O4S/c1-2-18-15(17)14-7-6-13(20-14)11-4-3-5-12(10-11)19-9-8-16/h3-8,10H,2,9H2,1H3. The van der Waals surface area contributed by atoms with Gasteiger partial charge in [0.1, 0.15) is 17.2 Å². The van der Waals surface area contributed by atoms with Gasteiger partial charge in [0.05, 0.1) is 6.61 Å². The molecule has 20 heavy (non-hydrogen) atoms. The summed E-state index contributed by atoms with van der Waals surface area (Å²) in [7, 11) is 0. The Morgan fingerprint density at radius 3 is 2.90 bits per heavy atom. The minimum atomic E-state index is -0.308. The summed E-state index contributed by atoms with van der Waals surface area (Å²) in [6.07, 6.45) is 0.705. The van der Waals surface area contributed by atoms with E-state index in [1.165, 1.54) is 11.3 Å². The van der Waals surface area contributed by atoms with Crippen molar-refractivity contribution >= 4 is 23.6 Å². The summed E-state index contributed by atoms with van der Waals surface area (Å²) < 4.78 is 10.2. The van der Waals surface area contributed by atoms with Crippen LogP contribution in [0.5, 0.6) is 5.75 Å². The number of ether oxygens (including phenoxy) is 2. The van der Waals surface area contributed by atoms with Crippen LogP contribution in [0.25, 0.3) is 10.4 Å². The molecule has 0 bridgehead atoms. The molecule has 4 nitrogen and oxygen atoms in total. The van der Waals surface area contributed by atoms with E-state index in [1.807, 2.05) is 24.3 Å². The van der Waals surface area contributed by atoms with Crippen LogP contribution in [0.15, 0.2) is 36.4 Å². The molecule has 2 aromatic rings. The molecule has 0 atom stereocenters. The smallest absolute Gasteiger partial charge is 0.348 e. The first-order chi connectivity index (χ1) is 9.74. The van der Waals surface area contributed by atoms with E-state index in [2.05, 4.69) is 0 Å².